The number of para-hydroxylation sites is 1. The summed E-state index contributed by atoms with van der Waals surface area (Å²) < 4.78 is 15.0. The minimum absolute atomic E-state index is 0.216. The van der Waals surface area contributed by atoms with E-state index in [1.165, 1.54) is 35.5 Å². The summed E-state index contributed by atoms with van der Waals surface area (Å²) in [6.45, 7) is 1.45. The molecular formula is C19H15FN4O2S. The number of fused-ring (bicyclic) bond motifs is 3. The molecule has 0 saturated heterocycles. The number of amides is 1. The molecule has 1 unspecified atom stereocenters. The number of rotatable bonds is 2. The van der Waals surface area contributed by atoms with E-state index in [2.05, 4.69) is 10.1 Å². The Bertz CT molecular complexity index is 1040. The van der Waals surface area contributed by atoms with E-state index >= 15 is 0 Å². The van der Waals surface area contributed by atoms with E-state index in [1.807, 2.05) is 0 Å². The molecule has 2 aromatic carbocycles. The SMILES string of the molecule is CSc1nc([O-])c2[n+](n1)C(c1ccc(F)cc1)N(C(C)=O)c1ccccc1-2. The van der Waals surface area contributed by atoms with Gasteiger partial charge in [-0.05, 0) is 42.7 Å². The second-order valence-electron chi connectivity index (χ2n) is 6.03. The summed E-state index contributed by atoms with van der Waals surface area (Å²) in [5, 5.41) is 17.6. The zero-order valence-corrected chi connectivity index (χ0v) is 15.4. The van der Waals surface area contributed by atoms with Crippen molar-refractivity contribution in [3.63, 3.8) is 0 Å². The molecule has 0 fully saturated rings. The topological polar surface area (TPSA) is 73.0 Å². The summed E-state index contributed by atoms with van der Waals surface area (Å²) in [5.74, 6) is -1.02. The molecule has 6 nitrogen and oxygen atoms in total. The van der Waals surface area contributed by atoms with Crippen LogP contribution in [-0.2, 0) is 4.79 Å². The van der Waals surface area contributed by atoms with E-state index in [1.54, 1.807) is 47.6 Å². The summed E-state index contributed by atoms with van der Waals surface area (Å²) in [7, 11) is 0. The molecule has 0 radical (unpaired) electrons. The van der Waals surface area contributed by atoms with Gasteiger partial charge in [0.15, 0.2) is 0 Å². The molecule has 0 N–H and O–H groups in total. The van der Waals surface area contributed by atoms with Crippen LogP contribution < -0.4 is 14.7 Å². The third-order valence-corrected chi connectivity index (χ3v) is 4.95. The van der Waals surface area contributed by atoms with Gasteiger partial charge in [-0.15, -0.1) is 0 Å². The summed E-state index contributed by atoms with van der Waals surface area (Å²) in [4.78, 5) is 18.2. The summed E-state index contributed by atoms with van der Waals surface area (Å²) in [6, 6.07) is 13.0. The van der Waals surface area contributed by atoms with Crippen LogP contribution in [0.1, 0.15) is 18.7 Å². The summed E-state index contributed by atoms with van der Waals surface area (Å²) >= 11 is 1.24. The molecule has 8 heteroatoms. The van der Waals surface area contributed by atoms with Gasteiger partial charge in [0.1, 0.15) is 5.82 Å². The number of carbonyl (C=O) groups is 1. The van der Waals surface area contributed by atoms with Crippen molar-refractivity contribution in [3.05, 3.63) is 59.9 Å². The number of carbonyl (C=O) groups excluding carboxylic acids is 1. The number of aromatic nitrogens is 3. The van der Waals surface area contributed by atoms with Crippen LogP contribution in [0.2, 0.25) is 0 Å². The molecule has 1 aliphatic rings. The number of anilines is 1. The highest BCUT2D eigenvalue weighted by atomic mass is 32.2. The molecule has 1 aliphatic heterocycles. The van der Waals surface area contributed by atoms with Gasteiger partial charge in [-0.3, -0.25) is 4.79 Å². The van der Waals surface area contributed by atoms with Crippen molar-refractivity contribution >= 4 is 23.4 Å². The molecule has 2 heterocycles. The highest BCUT2D eigenvalue weighted by molar-refractivity contribution is 7.98. The number of halogens is 1. The lowest BCUT2D eigenvalue weighted by Gasteiger charge is -2.32. The van der Waals surface area contributed by atoms with E-state index in [4.69, 9.17) is 0 Å². The Morgan fingerprint density at radius 2 is 1.93 bits per heavy atom. The average molecular weight is 382 g/mol. The van der Waals surface area contributed by atoms with Crippen molar-refractivity contribution in [2.75, 3.05) is 11.2 Å². The molecule has 27 heavy (non-hydrogen) atoms. The van der Waals surface area contributed by atoms with Crippen molar-refractivity contribution in [1.82, 2.24) is 10.1 Å². The van der Waals surface area contributed by atoms with Crippen LogP contribution in [0.5, 0.6) is 5.88 Å². The number of benzene rings is 2. The Morgan fingerprint density at radius 3 is 2.59 bits per heavy atom. The standard InChI is InChI=1S/C19H15FN4O2S/c1-11(25)23-15-6-4-3-5-14(15)16-17(26)21-19(27-2)22-24(16)18(23)12-7-9-13(20)10-8-12/h3-10,18H,1-2H3. The van der Waals surface area contributed by atoms with Crippen molar-refractivity contribution in [3.8, 4) is 17.1 Å². The fraction of sp³-hybridized carbons (Fsp3) is 0.158. The number of hydrogen-bond donors (Lipinski definition) is 0. The third kappa shape index (κ3) is 2.82. The van der Waals surface area contributed by atoms with Gasteiger partial charge in [0.05, 0.1) is 17.1 Å². The van der Waals surface area contributed by atoms with Crippen LogP contribution in [0.4, 0.5) is 10.1 Å². The molecular weight excluding hydrogens is 367 g/mol. The second kappa shape index (κ2) is 6.62. The quantitative estimate of drug-likeness (QED) is 0.502. The maximum absolute atomic E-state index is 13.5. The molecule has 1 amide bonds. The van der Waals surface area contributed by atoms with Crippen molar-refractivity contribution in [2.45, 2.75) is 18.2 Å². The zero-order chi connectivity index (χ0) is 19.1. The van der Waals surface area contributed by atoms with E-state index in [-0.39, 0.29) is 11.7 Å². The largest absolute Gasteiger partial charge is 0.854 e. The molecule has 1 atom stereocenters. The Hall–Kier alpha value is -3.00. The lowest BCUT2D eigenvalue weighted by atomic mass is 10.0. The first-order valence-electron chi connectivity index (χ1n) is 8.21. The van der Waals surface area contributed by atoms with Crippen molar-refractivity contribution in [2.24, 2.45) is 0 Å². The highest BCUT2D eigenvalue weighted by Gasteiger charge is 2.43. The first-order chi connectivity index (χ1) is 13.0. The van der Waals surface area contributed by atoms with Gasteiger partial charge >= 0.3 is 0 Å². The molecule has 136 valence electrons. The van der Waals surface area contributed by atoms with Crippen LogP contribution in [0, 0.1) is 5.82 Å². The highest BCUT2D eigenvalue weighted by Crippen LogP contribution is 2.40. The van der Waals surface area contributed by atoms with E-state index < -0.39 is 12.0 Å². The number of nitrogens with zero attached hydrogens (tertiary/aromatic N) is 4. The lowest BCUT2D eigenvalue weighted by Crippen LogP contribution is -2.58. The summed E-state index contributed by atoms with van der Waals surface area (Å²) in [5.41, 5.74) is 2.12. The smallest absolute Gasteiger partial charge is 0.293 e. The number of thioether (sulfide) groups is 1. The van der Waals surface area contributed by atoms with Gasteiger partial charge in [-0.25, -0.2) is 14.3 Å². The maximum Gasteiger partial charge on any atom is 0.293 e. The normalized spacial score (nSPS) is 15.2. The number of hydrogen-bond acceptors (Lipinski definition) is 5. The molecule has 0 aliphatic carbocycles. The minimum atomic E-state index is -0.713. The monoisotopic (exact) mass is 382 g/mol. The van der Waals surface area contributed by atoms with Gasteiger partial charge in [0, 0.05) is 17.6 Å². The van der Waals surface area contributed by atoms with Gasteiger partial charge in [-0.1, -0.05) is 28.6 Å². The van der Waals surface area contributed by atoms with Gasteiger partial charge < -0.3 is 5.11 Å². The Balaban J connectivity index is 2.07. The van der Waals surface area contributed by atoms with Crippen LogP contribution >= 0.6 is 11.8 Å². The molecule has 0 bridgehead atoms. The predicted octanol–water partition coefficient (Wildman–Crippen LogP) is 2.28. The lowest BCUT2D eigenvalue weighted by molar-refractivity contribution is -0.764. The Kier molecular flexibility index (Phi) is 4.27. The van der Waals surface area contributed by atoms with Gasteiger partial charge in [0.25, 0.3) is 17.0 Å². The first-order valence-corrected chi connectivity index (χ1v) is 9.43. The van der Waals surface area contributed by atoms with Crippen LogP contribution in [0.25, 0.3) is 11.3 Å². The predicted molar refractivity (Wildman–Crippen MR) is 96.6 cm³/mol. The Morgan fingerprint density at radius 1 is 1.22 bits per heavy atom. The van der Waals surface area contributed by atoms with Crippen LogP contribution in [0.15, 0.2) is 53.7 Å². The van der Waals surface area contributed by atoms with Crippen molar-refractivity contribution < 1.29 is 19.0 Å². The van der Waals surface area contributed by atoms with E-state index in [0.29, 0.717) is 27.7 Å². The van der Waals surface area contributed by atoms with Crippen molar-refractivity contribution in [1.29, 1.82) is 0 Å². The molecule has 0 saturated carbocycles. The zero-order valence-electron chi connectivity index (χ0n) is 14.6. The molecule has 3 aromatic rings. The van der Waals surface area contributed by atoms with Crippen LogP contribution in [-0.4, -0.2) is 22.2 Å². The molecule has 0 spiro atoms. The minimum Gasteiger partial charge on any atom is -0.854 e. The molecule has 1 aromatic heterocycles. The van der Waals surface area contributed by atoms with E-state index in [0.717, 1.165) is 0 Å². The van der Waals surface area contributed by atoms with E-state index in [9.17, 15) is 14.3 Å². The maximum atomic E-state index is 13.5. The Labute approximate surface area is 159 Å². The fourth-order valence-corrected chi connectivity index (χ4v) is 3.64. The first kappa shape index (κ1) is 17.4. The summed E-state index contributed by atoms with van der Waals surface area (Å²) in [6.07, 6.45) is 1.06. The molecule has 4 rings (SSSR count). The van der Waals surface area contributed by atoms with Gasteiger partial charge in [0.2, 0.25) is 5.91 Å². The second-order valence-corrected chi connectivity index (χ2v) is 6.80. The van der Waals surface area contributed by atoms with Gasteiger partial charge in [-0.2, -0.15) is 0 Å². The third-order valence-electron chi connectivity index (χ3n) is 4.41. The average Bonchev–Trinajstić information content (AvgIpc) is 2.67. The van der Waals surface area contributed by atoms with Crippen LogP contribution in [0.3, 0.4) is 0 Å². The fourth-order valence-electron chi connectivity index (χ4n) is 3.30.